The van der Waals surface area contributed by atoms with Crippen molar-refractivity contribution >= 4 is 17.4 Å². The number of allylic oxidation sites excluding steroid dienone is 4. The molecule has 4 heteroatoms. The molecule has 2 unspecified atom stereocenters. The molecule has 196 valence electrons. The van der Waals surface area contributed by atoms with Crippen LogP contribution in [0.1, 0.15) is 70.2 Å². The Balaban J connectivity index is 0.000000543. The molecule has 2 aromatic rings. The molecule has 36 heavy (non-hydrogen) atoms. The Labute approximate surface area is 220 Å². The first-order valence-electron chi connectivity index (χ1n) is 13.2. The molecular formula is C32H47N3O. The highest BCUT2D eigenvalue weighted by Gasteiger charge is 2.20. The summed E-state index contributed by atoms with van der Waals surface area (Å²) in [5.74, 6) is 0.824. The second-order valence-electron chi connectivity index (χ2n) is 9.03. The fraction of sp³-hybridized carbons (Fsp3) is 0.438. The third-order valence-electron chi connectivity index (χ3n) is 6.18. The predicted octanol–water partition coefficient (Wildman–Crippen LogP) is 7.83. The molecule has 1 N–H and O–H groups in total. The van der Waals surface area contributed by atoms with Crippen molar-refractivity contribution in [1.82, 2.24) is 9.88 Å². The first kappa shape index (κ1) is 31.1. The minimum Gasteiger partial charge on any atom is -0.393 e. The van der Waals surface area contributed by atoms with Crippen LogP contribution in [0, 0.1) is 12.8 Å². The number of aliphatic imine (C=N–C) groups is 1. The van der Waals surface area contributed by atoms with Gasteiger partial charge in [-0.15, -0.1) is 0 Å². The Morgan fingerprint density at radius 2 is 1.89 bits per heavy atom. The molecule has 1 heterocycles. The van der Waals surface area contributed by atoms with Crippen molar-refractivity contribution in [3.63, 3.8) is 0 Å². The maximum Gasteiger partial charge on any atom is 0.0705 e. The monoisotopic (exact) mass is 489 g/mol. The Morgan fingerprint density at radius 3 is 2.36 bits per heavy atom. The van der Waals surface area contributed by atoms with E-state index in [-0.39, 0.29) is 6.10 Å². The van der Waals surface area contributed by atoms with Crippen molar-refractivity contribution < 1.29 is 5.11 Å². The summed E-state index contributed by atoms with van der Waals surface area (Å²) in [7, 11) is 5.80. The van der Waals surface area contributed by atoms with Crippen molar-refractivity contribution in [1.29, 1.82) is 0 Å². The van der Waals surface area contributed by atoms with Crippen LogP contribution in [0.5, 0.6) is 0 Å². The van der Waals surface area contributed by atoms with E-state index in [1.54, 1.807) is 7.05 Å². The molecule has 4 nitrogen and oxygen atoms in total. The summed E-state index contributed by atoms with van der Waals surface area (Å²) < 4.78 is 0. The predicted molar refractivity (Wildman–Crippen MR) is 159 cm³/mol. The number of aryl methyl sites for hydroxylation is 1. The van der Waals surface area contributed by atoms with Crippen LogP contribution in [0.4, 0.5) is 0 Å². The number of aromatic nitrogens is 1. The molecule has 1 aromatic carbocycles. The van der Waals surface area contributed by atoms with E-state index < -0.39 is 0 Å². The molecule has 0 bridgehead atoms. The molecule has 1 aliphatic rings. The number of nitrogens with zero attached hydrogens (tertiary/aromatic N) is 3. The van der Waals surface area contributed by atoms with Crippen molar-refractivity contribution in [3.05, 3.63) is 78.1 Å². The van der Waals surface area contributed by atoms with Gasteiger partial charge in [0, 0.05) is 50.4 Å². The van der Waals surface area contributed by atoms with E-state index in [9.17, 15) is 0 Å². The average Bonchev–Trinajstić information content (AvgIpc) is 3.33. The lowest BCUT2D eigenvalue weighted by molar-refractivity contribution is 0.177. The summed E-state index contributed by atoms with van der Waals surface area (Å²) in [5, 5.41) is 9.03. The average molecular weight is 490 g/mol. The van der Waals surface area contributed by atoms with Gasteiger partial charge in [-0.2, -0.15) is 0 Å². The van der Waals surface area contributed by atoms with Gasteiger partial charge in [0.2, 0.25) is 0 Å². The molecule has 0 saturated heterocycles. The van der Waals surface area contributed by atoms with Crippen LogP contribution in [-0.4, -0.2) is 48.5 Å². The van der Waals surface area contributed by atoms with Crippen LogP contribution in [0.15, 0.2) is 66.3 Å². The van der Waals surface area contributed by atoms with Crippen LogP contribution < -0.4 is 0 Å². The van der Waals surface area contributed by atoms with Gasteiger partial charge in [-0.3, -0.25) is 9.98 Å². The van der Waals surface area contributed by atoms with Crippen molar-refractivity contribution in [2.24, 2.45) is 10.9 Å². The third-order valence-corrected chi connectivity index (χ3v) is 6.18. The maximum absolute atomic E-state index is 9.03. The van der Waals surface area contributed by atoms with Gasteiger partial charge in [-0.25, -0.2) is 0 Å². The third kappa shape index (κ3) is 9.58. The second-order valence-corrected chi connectivity index (χ2v) is 9.03. The zero-order valence-electron chi connectivity index (χ0n) is 23.8. The number of rotatable bonds is 7. The number of benzene rings is 1. The molecule has 0 radical (unpaired) electrons. The molecule has 0 aliphatic heterocycles. The fourth-order valence-corrected chi connectivity index (χ4v) is 4.27. The lowest BCUT2D eigenvalue weighted by Gasteiger charge is -2.12. The minimum absolute atomic E-state index is 0.0277. The SMILES string of the molecule is C=C/C(=C\N(C)C)c1cccc(-c2ccc(/C(C=NC)=C/C)c(C)n2)c1.CC.CCC1CCC(O)C1. The van der Waals surface area contributed by atoms with Gasteiger partial charge in [0.1, 0.15) is 0 Å². The molecule has 3 rings (SSSR count). The van der Waals surface area contributed by atoms with Crippen LogP contribution >= 0.6 is 0 Å². The number of aliphatic hydroxyl groups is 1. The lowest BCUT2D eigenvalue weighted by Crippen LogP contribution is -2.02. The van der Waals surface area contributed by atoms with Crippen LogP contribution in [-0.2, 0) is 0 Å². The van der Waals surface area contributed by atoms with E-state index >= 15 is 0 Å². The van der Waals surface area contributed by atoms with Crippen molar-refractivity contribution in [3.8, 4) is 11.3 Å². The molecule has 0 amide bonds. The van der Waals surface area contributed by atoms with E-state index in [1.165, 1.54) is 12.8 Å². The number of pyridine rings is 1. The summed E-state index contributed by atoms with van der Waals surface area (Å²) in [6.45, 7) is 14.2. The van der Waals surface area contributed by atoms with Gasteiger partial charge in [-0.05, 0) is 67.9 Å². The summed E-state index contributed by atoms with van der Waals surface area (Å²) in [6.07, 6.45) is 12.5. The van der Waals surface area contributed by atoms with Gasteiger partial charge in [0.05, 0.1) is 11.8 Å². The van der Waals surface area contributed by atoms with E-state index in [4.69, 9.17) is 10.1 Å². The Kier molecular flexibility index (Phi) is 14.4. The summed E-state index contributed by atoms with van der Waals surface area (Å²) in [5.41, 5.74) is 7.45. The summed E-state index contributed by atoms with van der Waals surface area (Å²) in [6, 6.07) is 12.6. The van der Waals surface area contributed by atoms with E-state index in [2.05, 4.69) is 67.2 Å². The topological polar surface area (TPSA) is 48.7 Å². The van der Waals surface area contributed by atoms with Gasteiger partial charge in [0.15, 0.2) is 0 Å². The highest BCUT2D eigenvalue weighted by Crippen LogP contribution is 2.27. The van der Waals surface area contributed by atoms with Crippen LogP contribution in [0.3, 0.4) is 0 Å². The zero-order chi connectivity index (χ0) is 27.1. The molecule has 1 aromatic heterocycles. The van der Waals surface area contributed by atoms with Crippen LogP contribution in [0.2, 0.25) is 0 Å². The molecule has 1 fully saturated rings. The number of aliphatic hydroxyl groups excluding tert-OH is 1. The maximum atomic E-state index is 9.03. The largest absolute Gasteiger partial charge is 0.393 e. The molecule has 1 saturated carbocycles. The van der Waals surface area contributed by atoms with Crippen molar-refractivity contribution in [2.45, 2.75) is 66.4 Å². The smallest absolute Gasteiger partial charge is 0.0705 e. The van der Waals surface area contributed by atoms with Gasteiger partial charge in [-0.1, -0.05) is 70.2 Å². The Hall–Kier alpha value is -2.98. The zero-order valence-corrected chi connectivity index (χ0v) is 23.8. The molecule has 2 atom stereocenters. The first-order chi connectivity index (χ1) is 17.3. The summed E-state index contributed by atoms with van der Waals surface area (Å²) in [4.78, 5) is 11.0. The number of hydrogen-bond acceptors (Lipinski definition) is 4. The first-order valence-corrected chi connectivity index (χ1v) is 13.2. The van der Waals surface area contributed by atoms with E-state index in [1.807, 2.05) is 59.0 Å². The quantitative estimate of drug-likeness (QED) is 0.318. The van der Waals surface area contributed by atoms with Crippen LogP contribution in [0.25, 0.3) is 22.4 Å². The molecule has 1 aliphatic carbocycles. The van der Waals surface area contributed by atoms with Gasteiger partial charge >= 0.3 is 0 Å². The van der Waals surface area contributed by atoms with E-state index in [0.717, 1.165) is 58.0 Å². The molecular weight excluding hydrogens is 442 g/mol. The minimum atomic E-state index is 0.0277. The highest BCUT2D eigenvalue weighted by atomic mass is 16.3. The lowest BCUT2D eigenvalue weighted by atomic mass is 10.00. The van der Waals surface area contributed by atoms with Gasteiger partial charge < -0.3 is 10.0 Å². The molecule has 0 spiro atoms. The standard InChI is InChI=1S/C23H27N3.C7H14O.C2H6/c1-7-18(15-24-4)22-12-13-23(25-17(22)3)21-11-9-10-20(14-21)19(8-2)16-26(5)6;1-2-6-3-4-7(8)5-6;1-2/h7-16H,2H2,1,3-6H3;6-8H,2-5H2,1H3;1-2H3/b18-7+,19-16+,24-15?;;. The Morgan fingerprint density at radius 1 is 1.17 bits per heavy atom. The summed E-state index contributed by atoms with van der Waals surface area (Å²) >= 11 is 0. The Bertz CT molecular complexity index is 1030. The number of hydrogen-bond donors (Lipinski definition) is 1. The second kappa shape index (κ2) is 16.6. The van der Waals surface area contributed by atoms with Crippen molar-refractivity contribution in [2.75, 3.05) is 21.1 Å². The normalized spacial score (nSPS) is 17.7. The fourth-order valence-electron chi connectivity index (χ4n) is 4.27. The van der Waals surface area contributed by atoms with E-state index in [0.29, 0.717) is 0 Å². The van der Waals surface area contributed by atoms with Gasteiger partial charge in [0.25, 0.3) is 0 Å². The highest BCUT2D eigenvalue weighted by molar-refractivity contribution is 6.10.